The predicted octanol–water partition coefficient (Wildman–Crippen LogP) is -5.48. The smallest absolute Gasteiger partial charge is 0.744 e. The van der Waals surface area contributed by atoms with Gasteiger partial charge in [-0.3, -0.25) is 4.79 Å². The summed E-state index contributed by atoms with van der Waals surface area (Å²) in [5.41, 5.74) is 0.246. The van der Waals surface area contributed by atoms with Crippen LogP contribution in [0.4, 0.5) is 5.69 Å². The molecule has 0 aliphatic carbocycles. The minimum Gasteiger partial charge on any atom is -0.744 e. The van der Waals surface area contributed by atoms with Crippen LogP contribution in [0.25, 0.3) is 10.8 Å². The number of carbonyl (C=O) groups excluding carboxylic acids is 1. The Morgan fingerprint density at radius 2 is 1.73 bits per heavy atom. The van der Waals surface area contributed by atoms with Crippen molar-refractivity contribution in [2.24, 2.45) is 0 Å². The molecule has 0 aliphatic rings. The second kappa shape index (κ2) is 11.4. The molecule has 2 N–H and O–H groups in total. The maximum absolute atomic E-state index is 11.2. The second-order valence-electron chi connectivity index (χ2n) is 4.52. The van der Waals surface area contributed by atoms with Crippen LogP contribution < -0.4 is 64.4 Å². The molecule has 0 radical (unpaired) electrons. The van der Waals surface area contributed by atoms with Crippen molar-refractivity contribution in [3.8, 4) is 5.75 Å². The van der Waals surface area contributed by atoms with Crippen molar-refractivity contribution in [2.45, 2.75) is 18.7 Å². The van der Waals surface area contributed by atoms with E-state index in [4.69, 9.17) is 12.6 Å². The molecule has 2 rings (SSSR count). The van der Waals surface area contributed by atoms with Gasteiger partial charge in [0.05, 0.1) is 0 Å². The minimum atomic E-state index is -4.69. The van der Waals surface area contributed by atoms with E-state index < -0.39 is 25.6 Å². The van der Waals surface area contributed by atoms with Gasteiger partial charge in [0.1, 0.15) is 15.9 Å². The summed E-state index contributed by atoms with van der Waals surface area (Å²) in [5, 5.41) is 13.2. The van der Waals surface area contributed by atoms with Gasteiger partial charge in [0.25, 0.3) is 0 Å². The topological polar surface area (TPSA) is 158 Å². The number of rotatable bonds is 2. The molecule has 0 unspecified atom stereocenters. The zero-order chi connectivity index (χ0) is 18.7. The number of anilines is 1. The van der Waals surface area contributed by atoms with Gasteiger partial charge in [-0.25, -0.2) is 8.42 Å². The molecule has 2 aromatic rings. The summed E-state index contributed by atoms with van der Waals surface area (Å²) < 4.78 is 58.8. The summed E-state index contributed by atoms with van der Waals surface area (Å²) in [6.45, 7) is 2.63. The Morgan fingerprint density at radius 3 is 2.15 bits per heavy atom. The van der Waals surface area contributed by atoms with Crippen LogP contribution >= 0.6 is 0 Å². The maximum Gasteiger partial charge on any atom is 1.00 e. The van der Waals surface area contributed by atoms with Crippen LogP contribution in [0.5, 0.6) is 5.75 Å². The number of aromatic hydroxyl groups is 1. The van der Waals surface area contributed by atoms with E-state index in [2.05, 4.69) is 11.4 Å². The summed E-state index contributed by atoms with van der Waals surface area (Å²) in [7, 11) is -7.81. The first-order chi connectivity index (χ1) is 10.9. The van der Waals surface area contributed by atoms with E-state index in [1.165, 1.54) is 26.0 Å². The Kier molecular flexibility index (Phi) is 12.1. The summed E-state index contributed by atoms with van der Waals surface area (Å²) in [5.74, 6) is -0.696. The number of benzene rings is 2. The number of fused-ring (bicyclic) bond motifs is 1. The van der Waals surface area contributed by atoms with Gasteiger partial charge >= 0.3 is 69.7 Å². The van der Waals surface area contributed by atoms with E-state index in [0.29, 0.717) is 11.1 Å². The molecule has 13 heteroatoms. The molecule has 0 spiro atoms. The maximum atomic E-state index is 11.2. The van der Waals surface area contributed by atoms with Gasteiger partial charge in [-0.2, -0.15) is 18.2 Å². The van der Waals surface area contributed by atoms with Gasteiger partial charge in [0, 0.05) is 17.4 Å². The third-order valence-electron chi connectivity index (χ3n) is 2.85. The van der Waals surface area contributed by atoms with Crippen molar-refractivity contribution in [3.05, 3.63) is 29.8 Å². The Labute approximate surface area is 195 Å². The van der Waals surface area contributed by atoms with Crippen molar-refractivity contribution in [1.29, 1.82) is 0 Å². The quantitative estimate of drug-likeness (QED) is 0.277. The summed E-state index contributed by atoms with van der Waals surface area (Å²) in [6.07, 6.45) is 0. The van der Waals surface area contributed by atoms with Crippen molar-refractivity contribution >= 4 is 43.1 Å². The largest absolute Gasteiger partial charge is 1.00 e. The first-order valence-electron chi connectivity index (χ1n) is 6.11. The van der Waals surface area contributed by atoms with Crippen molar-refractivity contribution in [3.63, 3.8) is 0 Å². The van der Waals surface area contributed by atoms with Crippen LogP contribution in [0.2, 0.25) is 0 Å². The number of nitrogens with one attached hydrogen (secondary N) is 1. The number of phenolic OH excluding ortho intramolecular Hbond substituents is 1. The third kappa shape index (κ3) is 7.62. The molecule has 0 saturated heterocycles. The van der Waals surface area contributed by atoms with E-state index in [1.54, 1.807) is 0 Å². The van der Waals surface area contributed by atoms with Crippen LogP contribution in [-0.4, -0.2) is 36.6 Å². The van der Waals surface area contributed by atoms with Gasteiger partial charge in [0.2, 0.25) is 5.91 Å². The molecule has 0 aliphatic heterocycles. The van der Waals surface area contributed by atoms with E-state index in [-0.39, 0.29) is 81.7 Å². The first-order valence-corrected chi connectivity index (χ1v) is 8.52. The molecule has 0 fully saturated rings. The normalized spacial score (nSPS) is 9.81. The Morgan fingerprint density at radius 1 is 1.23 bits per heavy atom. The second-order valence-corrected chi connectivity index (χ2v) is 6.28. The Bertz CT molecular complexity index is 1010. The average molecular weight is 419 g/mol. The fraction of sp³-hybridized carbons (Fsp3) is 0.154. The molecule has 26 heavy (non-hydrogen) atoms. The first kappa shape index (κ1) is 27.7. The molecular formula is C13H11NNa2O8S2. The SMILES string of the molecule is CC(=O)Nc1c[c-]cc2cc(S(=O)(=O)[O-])c(C)c(O)c12.O=S(=O)=O.[Na+].[Na+]. The molecule has 130 valence electrons. The number of amides is 1. The molecule has 0 heterocycles. The van der Waals surface area contributed by atoms with Crippen LogP contribution in [0.15, 0.2) is 23.1 Å². The number of hydrogen-bond acceptors (Lipinski definition) is 8. The van der Waals surface area contributed by atoms with Crippen LogP contribution in [-0.2, 0) is 25.5 Å². The van der Waals surface area contributed by atoms with Crippen LogP contribution in [0.1, 0.15) is 12.5 Å². The Hall–Kier alpha value is -0.500. The third-order valence-corrected chi connectivity index (χ3v) is 3.82. The predicted molar refractivity (Wildman–Crippen MR) is 81.1 cm³/mol. The van der Waals surface area contributed by atoms with E-state index in [1.807, 2.05) is 0 Å². The van der Waals surface area contributed by atoms with Gasteiger partial charge < -0.3 is 15.0 Å². The molecular weight excluding hydrogens is 408 g/mol. The van der Waals surface area contributed by atoms with Gasteiger partial charge in [-0.1, -0.05) is 17.1 Å². The molecule has 0 bridgehead atoms. The molecule has 2 aromatic carbocycles. The molecule has 0 atom stereocenters. The van der Waals surface area contributed by atoms with Gasteiger partial charge in [-0.05, 0) is 6.92 Å². The summed E-state index contributed by atoms with van der Waals surface area (Å²) >= 11 is 0. The van der Waals surface area contributed by atoms with E-state index in [0.717, 1.165) is 6.07 Å². The molecule has 0 saturated carbocycles. The van der Waals surface area contributed by atoms with Crippen molar-refractivity contribution in [2.75, 3.05) is 5.32 Å². The fourth-order valence-electron chi connectivity index (χ4n) is 1.99. The molecule has 0 aromatic heterocycles. The summed E-state index contributed by atoms with van der Waals surface area (Å²) in [6, 6.07) is 6.75. The Balaban J connectivity index is 0. The van der Waals surface area contributed by atoms with E-state index in [9.17, 15) is 22.9 Å². The fourth-order valence-corrected chi connectivity index (χ4v) is 2.74. The zero-order valence-corrected chi connectivity index (χ0v) is 20.0. The average Bonchev–Trinajstić information content (AvgIpc) is 2.40. The van der Waals surface area contributed by atoms with Crippen molar-refractivity contribution in [1.82, 2.24) is 0 Å². The number of phenols is 1. The molecule has 9 nitrogen and oxygen atoms in total. The van der Waals surface area contributed by atoms with Crippen LogP contribution in [0.3, 0.4) is 0 Å². The number of hydrogen-bond donors (Lipinski definition) is 2. The molecule has 1 amide bonds. The minimum absolute atomic E-state index is 0. The number of carbonyl (C=O) groups is 1. The van der Waals surface area contributed by atoms with E-state index >= 15 is 0 Å². The van der Waals surface area contributed by atoms with Gasteiger partial charge in [-0.15, -0.1) is 18.0 Å². The van der Waals surface area contributed by atoms with Crippen LogP contribution in [0, 0.1) is 13.0 Å². The zero-order valence-electron chi connectivity index (χ0n) is 14.4. The summed E-state index contributed by atoms with van der Waals surface area (Å²) in [4.78, 5) is 10.6. The van der Waals surface area contributed by atoms with Gasteiger partial charge in [0.15, 0.2) is 0 Å². The standard InChI is InChI=1S/C13H12NO5S.2Na.O3S/c1-7-11(20(17,18)19)6-9-4-3-5-10(14-8(2)15)12(9)13(7)16;;;1-4(2)3/h4-6,16H,1-2H3,(H,14,15)(H,17,18,19);;;/q-1;2*+1;/p-1. The van der Waals surface area contributed by atoms with Crippen molar-refractivity contribution < 1.29 is 94.6 Å². The monoisotopic (exact) mass is 419 g/mol.